The van der Waals surface area contributed by atoms with E-state index in [1.807, 2.05) is 18.9 Å². The highest BCUT2D eigenvalue weighted by Crippen LogP contribution is 2.20. The lowest BCUT2D eigenvalue weighted by atomic mass is 10.1. The number of hydrogen-bond acceptors (Lipinski definition) is 3. The van der Waals surface area contributed by atoms with Gasteiger partial charge in [-0.25, -0.2) is 8.78 Å². The number of benzene rings is 1. The molecule has 0 aliphatic heterocycles. The van der Waals surface area contributed by atoms with Gasteiger partial charge >= 0.3 is 0 Å². The maximum Gasteiger partial charge on any atom is 0.142 e. The number of nitrogens with zero attached hydrogens (tertiary/aromatic N) is 1. The van der Waals surface area contributed by atoms with Gasteiger partial charge in [0.1, 0.15) is 12.0 Å². The minimum absolute atomic E-state index is 0.0429. The van der Waals surface area contributed by atoms with Crippen molar-refractivity contribution in [3.05, 3.63) is 47.0 Å². The Kier molecular flexibility index (Phi) is 8.34. The molecule has 0 amide bonds. The molecule has 1 aromatic carbocycles. The van der Waals surface area contributed by atoms with Gasteiger partial charge in [-0.05, 0) is 25.1 Å². The highest BCUT2D eigenvalue weighted by atomic mass is 35.5. The SMILES string of the molecule is C=C(NCc1cccc(F)c1Cl)N(C)C(CC)CC(F)CNC. The summed E-state index contributed by atoms with van der Waals surface area (Å²) in [6.45, 7) is 6.70. The average molecular weight is 346 g/mol. The van der Waals surface area contributed by atoms with E-state index in [9.17, 15) is 8.78 Å². The minimum atomic E-state index is -0.905. The molecule has 0 aliphatic carbocycles. The van der Waals surface area contributed by atoms with Crippen molar-refractivity contribution in [2.24, 2.45) is 0 Å². The van der Waals surface area contributed by atoms with Crippen molar-refractivity contribution in [1.82, 2.24) is 15.5 Å². The smallest absolute Gasteiger partial charge is 0.142 e. The van der Waals surface area contributed by atoms with E-state index >= 15 is 0 Å². The predicted octanol–water partition coefficient (Wildman–Crippen LogP) is 3.70. The Labute approximate surface area is 142 Å². The highest BCUT2D eigenvalue weighted by molar-refractivity contribution is 6.31. The van der Waals surface area contributed by atoms with Crippen LogP contribution in [0.25, 0.3) is 0 Å². The molecule has 0 radical (unpaired) electrons. The fraction of sp³-hybridized carbons (Fsp3) is 0.529. The van der Waals surface area contributed by atoms with E-state index in [1.54, 1.807) is 19.2 Å². The molecular weight excluding hydrogens is 320 g/mol. The second-order valence-electron chi connectivity index (χ2n) is 5.58. The van der Waals surface area contributed by atoms with Crippen molar-refractivity contribution in [2.75, 3.05) is 20.6 Å². The Hall–Kier alpha value is -1.33. The molecule has 0 heterocycles. The first-order valence-electron chi connectivity index (χ1n) is 7.77. The highest BCUT2D eigenvalue weighted by Gasteiger charge is 2.19. The van der Waals surface area contributed by atoms with E-state index in [0.29, 0.717) is 30.9 Å². The van der Waals surface area contributed by atoms with E-state index in [1.165, 1.54) is 6.07 Å². The van der Waals surface area contributed by atoms with Crippen molar-refractivity contribution in [2.45, 2.75) is 38.5 Å². The number of halogens is 3. The van der Waals surface area contributed by atoms with Crippen LogP contribution < -0.4 is 10.6 Å². The normalized spacial score (nSPS) is 13.5. The summed E-state index contributed by atoms with van der Waals surface area (Å²) in [6, 6.07) is 4.74. The van der Waals surface area contributed by atoms with Crippen LogP contribution in [0.2, 0.25) is 5.02 Å². The van der Waals surface area contributed by atoms with Crippen LogP contribution in [0.15, 0.2) is 30.6 Å². The molecule has 0 aliphatic rings. The molecule has 0 spiro atoms. The van der Waals surface area contributed by atoms with Gasteiger partial charge in [0.15, 0.2) is 0 Å². The lowest BCUT2D eigenvalue weighted by Gasteiger charge is -2.32. The van der Waals surface area contributed by atoms with Crippen LogP contribution in [0.3, 0.4) is 0 Å². The molecule has 0 bridgehead atoms. The second-order valence-corrected chi connectivity index (χ2v) is 5.95. The first-order valence-corrected chi connectivity index (χ1v) is 8.15. The third kappa shape index (κ3) is 5.99. The summed E-state index contributed by atoms with van der Waals surface area (Å²) in [7, 11) is 3.61. The van der Waals surface area contributed by atoms with Crippen LogP contribution in [0.5, 0.6) is 0 Å². The number of nitrogens with one attached hydrogen (secondary N) is 2. The summed E-state index contributed by atoms with van der Waals surface area (Å²) < 4.78 is 27.2. The first kappa shape index (κ1) is 19.7. The van der Waals surface area contributed by atoms with E-state index in [0.717, 1.165) is 6.42 Å². The third-order valence-corrected chi connectivity index (χ3v) is 4.34. The van der Waals surface area contributed by atoms with Crippen LogP contribution in [-0.4, -0.2) is 37.8 Å². The fourth-order valence-corrected chi connectivity index (χ4v) is 2.62. The number of hydrogen-bond donors (Lipinski definition) is 2. The quantitative estimate of drug-likeness (QED) is 0.677. The molecule has 2 N–H and O–H groups in total. The number of alkyl halides is 1. The Bertz CT molecular complexity index is 511. The molecule has 0 saturated carbocycles. The summed E-state index contributed by atoms with van der Waals surface area (Å²) in [5, 5.41) is 6.08. The fourth-order valence-electron chi connectivity index (χ4n) is 2.43. The van der Waals surface area contributed by atoms with E-state index in [-0.39, 0.29) is 11.1 Å². The molecule has 0 fully saturated rings. The Morgan fingerprint density at radius 2 is 2.13 bits per heavy atom. The summed E-state index contributed by atoms with van der Waals surface area (Å²) in [5.41, 5.74) is 0.660. The van der Waals surface area contributed by atoms with Gasteiger partial charge in [0.2, 0.25) is 0 Å². The van der Waals surface area contributed by atoms with Gasteiger partial charge in [0.25, 0.3) is 0 Å². The second kappa shape index (κ2) is 9.73. The molecule has 2 unspecified atom stereocenters. The number of rotatable bonds is 10. The maximum atomic E-state index is 13.8. The lowest BCUT2D eigenvalue weighted by Crippen LogP contribution is -2.38. The van der Waals surface area contributed by atoms with Crippen molar-refractivity contribution >= 4 is 11.6 Å². The standard InChI is InChI=1S/C17H26ClF2N3/c1-5-15(9-14(19)11-21-3)23(4)12(2)22-10-13-7-6-8-16(20)17(13)18/h6-8,14-15,21-22H,2,5,9-11H2,1,3-4H3. The zero-order valence-electron chi connectivity index (χ0n) is 14.0. The molecule has 0 saturated heterocycles. The van der Waals surface area contributed by atoms with Crippen LogP contribution in [0.4, 0.5) is 8.78 Å². The zero-order chi connectivity index (χ0) is 17.4. The van der Waals surface area contributed by atoms with Crippen molar-refractivity contribution in [3.63, 3.8) is 0 Å². The van der Waals surface area contributed by atoms with Gasteiger partial charge in [0.05, 0.1) is 10.8 Å². The van der Waals surface area contributed by atoms with Crippen LogP contribution in [0.1, 0.15) is 25.3 Å². The molecule has 23 heavy (non-hydrogen) atoms. The molecule has 1 aromatic rings. The molecular formula is C17H26ClF2N3. The third-order valence-electron chi connectivity index (χ3n) is 3.91. The van der Waals surface area contributed by atoms with Crippen molar-refractivity contribution in [1.29, 1.82) is 0 Å². The van der Waals surface area contributed by atoms with E-state index < -0.39 is 12.0 Å². The van der Waals surface area contributed by atoms with Crippen LogP contribution in [-0.2, 0) is 6.54 Å². The summed E-state index contributed by atoms with van der Waals surface area (Å²) >= 11 is 5.93. The van der Waals surface area contributed by atoms with Gasteiger partial charge in [-0.2, -0.15) is 0 Å². The molecule has 0 aromatic heterocycles. The summed E-state index contributed by atoms with van der Waals surface area (Å²) in [4.78, 5) is 1.93. The lowest BCUT2D eigenvalue weighted by molar-refractivity contribution is 0.198. The van der Waals surface area contributed by atoms with Crippen molar-refractivity contribution < 1.29 is 8.78 Å². The Morgan fingerprint density at radius 1 is 1.43 bits per heavy atom. The Morgan fingerprint density at radius 3 is 2.74 bits per heavy atom. The molecule has 3 nitrogen and oxygen atoms in total. The van der Waals surface area contributed by atoms with E-state index in [4.69, 9.17) is 11.6 Å². The van der Waals surface area contributed by atoms with Gasteiger partial charge < -0.3 is 15.5 Å². The summed E-state index contributed by atoms with van der Waals surface area (Å²) in [5.74, 6) is 0.220. The largest absolute Gasteiger partial charge is 0.368 e. The van der Waals surface area contributed by atoms with Crippen LogP contribution in [0, 0.1) is 5.82 Å². The molecule has 1 rings (SSSR count). The van der Waals surface area contributed by atoms with E-state index in [2.05, 4.69) is 17.2 Å². The Balaban J connectivity index is 2.59. The minimum Gasteiger partial charge on any atom is -0.368 e. The topological polar surface area (TPSA) is 27.3 Å². The summed E-state index contributed by atoms with van der Waals surface area (Å²) in [6.07, 6.45) is 0.329. The molecule has 130 valence electrons. The monoisotopic (exact) mass is 345 g/mol. The maximum absolute atomic E-state index is 13.8. The van der Waals surface area contributed by atoms with Gasteiger partial charge in [-0.15, -0.1) is 0 Å². The van der Waals surface area contributed by atoms with Gasteiger partial charge in [0, 0.05) is 32.6 Å². The van der Waals surface area contributed by atoms with Crippen LogP contribution >= 0.6 is 11.6 Å². The molecule has 6 heteroatoms. The zero-order valence-corrected chi connectivity index (χ0v) is 14.8. The molecule has 2 atom stereocenters. The van der Waals surface area contributed by atoms with Gasteiger partial charge in [-0.3, -0.25) is 0 Å². The van der Waals surface area contributed by atoms with Gasteiger partial charge in [-0.1, -0.05) is 37.2 Å². The predicted molar refractivity (Wildman–Crippen MR) is 92.7 cm³/mol. The van der Waals surface area contributed by atoms with Crippen molar-refractivity contribution in [3.8, 4) is 0 Å². The average Bonchev–Trinajstić information content (AvgIpc) is 2.53. The first-order chi connectivity index (χ1) is 10.9.